The fourth-order valence-electron chi connectivity index (χ4n) is 5.10. The minimum atomic E-state index is -1.72. The molecular formula is C31H28ClF2N9O4. The number of fused-ring (bicyclic) bond motifs is 1. The number of halogens is 3. The molecule has 3 heterocycles. The fraction of sp³-hybridized carbons (Fsp3) is 0.226. The van der Waals surface area contributed by atoms with E-state index in [9.17, 15) is 19.1 Å². The average Bonchev–Trinajstić information content (AvgIpc) is 3.63. The lowest BCUT2D eigenvalue weighted by atomic mass is 10.1. The Kier molecular flexibility index (Phi) is 8.58. The molecule has 242 valence electrons. The Hall–Kier alpha value is -5.41. The predicted molar refractivity (Wildman–Crippen MR) is 166 cm³/mol. The Morgan fingerprint density at radius 2 is 1.77 bits per heavy atom. The zero-order valence-electron chi connectivity index (χ0n) is 25.4. The van der Waals surface area contributed by atoms with Gasteiger partial charge in [0.05, 0.1) is 34.9 Å². The van der Waals surface area contributed by atoms with Gasteiger partial charge in [-0.2, -0.15) is 10.2 Å². The molecular weight excluding hydrogens is 636 g/mol. The lowest BCUT2D eigenvalue weighted by Crippen LogP contribution is -2.65. The van der Waals surface area contributed by atoms with Gasteiger partial charge in [0.15, 0.2) is 5.82 Å². The summed E-state index contributed by atoms with van der Waals surface area (Å²) >= 11 is 6.55. The van der Waals surface area contributed by atoms with E-state index in [0.717, 1.165) is 15.9 Å². The number of rotatable bonds is 8. The molecule has 1 unspecified atom stereocenters. The molecule has 1 fully saturated rings. The lowest BCUT2D eigenvalue weighted by Gasteiger charge is -2.45. The summed E-state index contributed by atoms with van der Waals surface area (Å²) in [4.78, 5) is 38.6. The first kappa shape index (κ1) is 31.6. The number of amides is 2. The van der Waals surface area contributed by atoms with Crippen LogP contribution in [0.1, 0.15) is 27.3 Å². The first-order chi connectivity index (χ1) is 22.5. The van der Waals surface area contributed by atoms with Crippen molar-refractivity contribution in [2.24, 2.45) is 19.1 Å². The van der Waals surface area contributed by atoms with E-state index in [1.165, 1.54) is 23.0 Å². The van der Waals surface area contributed by atoms with Gasteiger partial charge in [0.25, 0.3) is 0 Å². The monoisotopic (exact) mass is 663 g/mol. The third-order valence-electron chi connectivity index (χ3n) is 7.42. The van der Waals surface area contributed by atoms with Crippen molar-refractivity contribution < 1.29 is 28.2 Å². The zero-order chi connectivity index (χ0) is 33.4. The largest absolute Gasteiger partial charge is 0.457 e. The van der Waals surface area contributed by atoms with Crippen molar-refractivity contribution in [1.29, 1.82) is 0 Å². The Morgan fingerprint density at radius 1 is 1.00 bits per heavy atom. The number of nitrogens with zero attached hydrogens (tertiary/aromatic N) is 9. The average molecular weight is 664 g/mol. The summed E-state index contributed by atoms with van der Waals surface area (Å²) < 4.78 is 38.6. The molecule has 1 aliphatic heterocycles. The maximum absolute atomic E-state index is 15.4. The third kappa shape index (κ3) is 6.48. The summed E-state index contributed by atoms with van der Waals surface area (Å²) in [5, 5.41) is 21.0. The Balaban J connectivity index is 1.38. The van der Waals surface area contributed by atoms with Crippen molar-refractivity contribution in [2.45, 2.75) is 26.0 Å². The van der Waals surface area contributed by atoms with Gasteiger partial charge in [0.1, 0.15) is 24.6 Å². The molecule has 1 N–H and O–H groups in total. The molecule has 6 rings (SSSR count). The topological polar surface area (TPSA) is 134 Å². The highest BCUT2D eigenvalue weighted by atomic mass is 35.5. The maximum atomic E-state index is 15.4. The van der Waals surface area contributed by atoms with E-state index in [1.54, 1.807) is 67.4 Å². The van der Waals surface area contributed by atoms with Crippen LogP contribution >= 0.6 is 11.6 Å². The molecule has 1 atom stereocenters. The number of aliphatic imine (C=N–C) groups is 1. The molecule has 0 bridgehead atoms. The quantitative estimate of drug-likeness (QED) is 0.243. The second-order valence-corrected chi connectivity index (χ2v) is 11.2. The molecule has 0 radical (unpaired) electrons. The van der Waals surface area contributed by atoms with Crippen molar-refractivity contribution in [3.63, 3.8) is 0 Å². The first-order valence-corrected chi connectivity index (χ1v) is 14.6. The number of aryl methyl sites for hydroxylation is 2. The third-order valence-corrected chi connectivity index (χ3v) is 7.73. The van der Waals surface area contributed by atoms with Crippen LogP contribution < -0.4 is 0 Å². The highest BCUT2D eigenvalue weighted by Crippen LogP contribution is 2.32. The summed E-state index contributed by atoms with van der Waals surface area (Å²) in [5.74, 6) is -3.00. The van der Waals surface area contributed by atoms with Gasteiger partial charge in [-0.05, 0) is 23.8 Å². The summed E-state index contributed by atoms with van der Waals surface area (Å²) in [6.07, 6.45) is 1.47. The summed E-state index contributed by atoms with van der Waals surface area (Å²) in [6, 6.07) is 13.0. The normalized spacial score (nSPS) is 16.1. The molecule has 2 amide bonds. The molecule has 13 nitrogen and oxygen atoms in total. The number of urea groups is 1. The van der Waals surface area contributed by atoms with Crippen LogP contribution in [0.3, 0.4) is 0 Å². The van der Waals surface area contributed by atoms with Crippen LogP contribution in [0.4, 0.5) is 19.3 Å². The van der Waals surface area contributed by atoms with Crippen molar-refractivity contribution >= 4 is 46.2 Å². The molecule has 3 aromatic carbocycles. The van der Waals surface area contributed by atoms with Crippen molar-refractivity contribution in [3.8, 4) is 0 Å². The first-order valence-electron chi connectivity index (χ1n) is 14.2. The number of aromatic nitrogens is 5. The van der Waals surface area contributed by atoms with Gasteiger partial charge >= 0.3 is 12.0 Å². The van der Waals surface area contributed by atoms with Crippen molar-refractivity contribution in [3.05, 3.63) is 106 Å². The van der Waals surface area contributed by atoms with Gasteiger partial charge in [-0.1, -0.05) is 41.9 Å². The fourth-order valence-corrected chi connectivity index (χ4v) is 5.30. The number of carbonyl (C=O) groups excluding carboxylic acids is 2. The number of benzene rings is 3. The SMILES string of the molecule is CN1C(=O)N(Cc2ncn(C)n2)C(O)N(Cc2cc(C(=O)OCc3ccccc3)c(F)cc2F)C1=Nc1cc2cn(C)nc2cc1Cl. The van der Waals surface area contributed by atoms with Crippen LogP contribution in [0.15, 0.2) is 72.1 Å². The van der Waals surface area contributed by atoms with Gasteiger partial charge in [-0.25, -0.2) is 28.3 Å². The lowest BCUT2D eigenvalue weighted by molar-refractivity contribution is -0.0858. The Labute approximate surface area is 271 Å². The van der Waals surface area contributed by atoms with Gasteiger partial charge < -0.3 is 9.84 Å². The number of guanidine groups is 1. The van der Waals surface area contributed by atoms with E-state index >= 15 is 4.39 Å². The molecule has 0 saturated carbocycles. The van der Waals surface area contributed by atoms with Crippen LogP contribution in [0.2, 0.25) is 5.02 Å². The Morgan fingerprint density at radius 3 is 2.49 bits per heavy atom. The molecule has 1 saturated heterocycles. The van der Waals surface area contributed by atoms with Crippen molar-refractivity contribution in [1.82, 2.24) is 39.2 Å². The van der Waals surface area contributed by atoms with Gasteiger partial charge in [-0.15, -0.1) is 0 Å². The van der Waals surface area contributed by atoms with Crippen LogP contribution in [-0.2, 0) is 38.5 Å². The van der Waals surface area contributed by atoms with Crippen LogP contribution in [0.25, 0.3) is 10.9 Å². The van der Waals surface area contributed by atoms with E-state index in [0.29, 0.717) is 22.5 Å². The number of carbonyl (C=O) groups is 2. The number of esters is 1. The van der Waals surface area contributed by atoms with Crippen LogP contribution in [0, 0.1) is 11.6 Å². The molecule has 2 aromatic heterocycles. The molecule has 16 heteroatoms. The molecule has 0 spiro atoms. The van der Waals surface area contributed by atoms with Gasteiger partial charge in [-0.3, -0.25) is 24.1 Å². The minimum absolute atomic E-state index is 0.102. The number of aliphatic hydroxyl groups excluding tert-OH is 1. The van der Waals surface area contributed by atoms with E-state index in [1.807, 2.05) is 0 Å². The highest BCUT2D eigenvalue weighted by molar-refractivity contribution is 6.34. The highest BCUT2D eigenvalue weighted by Gasteiger charge is 2.41. The summed E-state index contributed by atoms with van der Waals surface area (Å²) in [5.41, 5.74) is 0.840. The number of hydrogen-bond donors (Lipinski definition) is 1. The van der Waals surface area contributed by atoms with Gasteiger partial charge in [0, 0.05) is 44.4 Å². The summed E-state index contributed by atoms with van der Waals surface area (Å²) in [6.45, 7) is -0.791. The number of ether oxygens (including phenoxy) is 1. The van der Waals surface area contributed by atoms with E-state index in [2.05, 4.69) is 20.2 Å². The van der Waals surface area contributed by atoms with Crippen LogP contribution in [0.5, 0.6) is 0 Å². The zero-order valence-corrected chi connectivity index (χ0v) is 26.1. The maximum Gasteiger partial charge on any atom is 0.341 e. The second kappa shape index (κ2) is 12.8. The molecule has 47 heavy (non-hydrogen) atoms. The predicted octanol–water partition coefficient (Wildman–Crippen LogP) is 4.32. The number of hydrogen-bond acceptors (Lipinski definition) is 8. The number of aliphatic hydroxyl groups is 1. The smallest absolute Gasteiger partial charge is 0.341 e. The molecule has 1 aliphatic rings. The molecule has 5 aromatic rings. The second-order valence-electron chi connectivity index (χ2n) is 10.8. The molecule has 0 aliphatic carbocycles. The Bertz CT molecular complexity index is 2020. The van der Waals surface area contributed by atoms with E-state index in [4.69, 9.17) is 16.3 Å². The van der Waals surface area contributed by atoms with E-state index in [-0.39, 0.29) is 41.2 Å². The van der Waals surface area contributed by atoms with Crippen molar-refractivity contribution in [2.75, 3.05) is 7.05 Å². The summed E-state index contributed by atoms with van der Waals surface area (Å²) in [7, 11) is 4.82. The van der Waals surface area contributed by atoms with Crippen LogP contribution in [-0.4, -0.2) is 75.7 Å². The van der Waals surface area contributed by atoms with Gasteiger partial charge in [0.2, 0.25) is 12.3 Å². The standard InChI is InChI=1S/C31H28ClF2N9O4/c1-39-13-20-10-26(22(32)11-25(20)37-39)36-29-41(3)30(45)43(15-27-35-17-40(2)38-27)31(46)42(29)14-19-9-21(24(34)12-23(19)33)28(44)47-16-18-7-5-4-6-8-18/h4-13,17,31,46H,14-16H2,1-3H3. The van der Waals surface area contributed by atoms with E-state index < -0.39 is 42.1 Å². The minimum Gasteiger partial charge on any atom is -0.457 e.